The first-order chi connectivity index (χ1) is 15.7. The fraction of sp³-hybridized carbons (Fsp3) is 0.926. The van der Waals surface area contributed by atoms with E-state index in [1.54, 1.807) is 20.8 Å². The summed E-state index contributed by atoms with van der Waals surface area (Å²) in [6.07, 6.45) is 3.59. The second-order valence-corrected chi connectivity index (χ2v) is 12.8. The van der Waals surface area contributed by atoms with Gasteiger partial charge < -0.3 is 25.2 Å². The van der Waals surface area contributed by atoms with E-state index in [9.17, 15) is 30.0 Å². The summed E-state index contributed by atoms with van der Waals surface area (Å²) in [6, 6.07) is 0. The average molecular weight is 481 g/mol. The number of fused-ring (bicyclic) bond motifs is 1. The second-order valence-electron chi connectivity index (χ2n) is 12.8. The lowest BCUT2D eigenvalue weighted by Gasteiger charge is -2.50. The molecule has 4 aliphatic rings. The van der Waals surface area contributed by atoms with Crippen molar-refractivity contribution in [2.24, 2.45) is 40.4 Å². The summed E-state index contributed by atoms with van der Waals surface area (Å²) < 4.78 is 6.04. The van der Waals surface area contributed by atoms with Gasteiger partial charge in [-0.2, -0.15) is 0 Å². The molecule has 0 radical (unpaired) electrons. The summed E-state index contributed by atoms with van der Waals surface area (Å²) in [6.45, 7) is 9.25. The van der Waals surface area contributed by atoms with Gasteiger partial charge in [0.25, 0.3) is 0 Å². The van der Waals surface area contributed by atoms with Gasteiger partial charge in [0, 0.05) is 18.9 Å². The molecule has 4 N–H and O–H groups in total. The lowest BCUT2D eigenvalue weighted by molar-refractivity contribution is -0.324. The van der Waals surface area contributed by atoms with Crippen LogP contribution in [0, 0.1) is 40.4 Å². The summed E-state index contributed by atoms with van der Waals surface area (Å²) in [5.41, 5.74) is -2.62. The molecular weight excluding hydrogens is 436 g/mol. The number of aliphatic hydroxyl groups excluding tert-OH is 2. The highest BCUT2D eigenvalue weighted by Gasteiger charge is 2.75. The van der Waals surface area contributed by atoms with Crippen molar-refractivity contribution in [1.29, 1.82) is 0 Å². The third kappa shape index (κ3) is 3.73. The van der Waals surface area contributed by atoms with Gasteiger partial charge in [-0.1, -0.05) is 13.8 Å². The minimum atomic E-state index is -1.73. The van der Waals surface area contributed by atoms with Crippen LogP contribution >= 0.6 is 0 Å². The van der Waals surface area contributed by atoms with Gasteiger partial charge in [0.1, 0.15) is 11.6 Å². The van der Waals surface area contributed by atoms with Crippen LogP contribution in [0.15, 0.2) is 0 Å². The molecule has 0 amide bonds. The van der Waals surface area contributed by atoms with Crippen molar-refractivity contribution in [1.82, 2.24) is 0 Å². The topological polar surface area (TPSA) is 124 Å². The first-order valence-corrected chi connectivity index (χ1v) is 13.2. The van der Waals surface area contributed by atoms with Crippen LogP contribution in [-0.2, 0) is 14.3 Å². The molecule has 7 heteroatoms. The number of carbonyl (C=O) groups is 2. The Morgan fingerprint density at radius 2 is 1.82 bits per heavy atom. The lowest BCUT2D eigenvalue weighted by Crippen LogP contribution is -2.61. The normalized spacial score (nSPS) is 46.1. The van der Waals surface area contributed by atoms with Gasteiger partial charge in [-0.05, 0) is 88.9 Å². The van der Waals surface area contributed by atoms with Crippen LogP contribution in [0.2, 0.25) is 0 Å². The Morgan fingerprint density at radius 1 is 1.15 bits per heavy atom. The van der Waals surface area contributed by atoms with Crippen LogP contribution in [0.25, 0.3) is 0 Å². The Balaban J connectivity index is 1.63. The maximum Gasteiger partial charge on any atom is 0.188 e. The number of rotatable bonds is 8. The van der Waals surface area contributed by atoms with E-state index in [0.717, 1.165) is 19.3 Å². The number of hydrogen-bond donors (Lipinski definition) is 4. The highest BCUT2D eigenvalue weighted by molar-refractivity contribution is 5.99. The first kappa shape index (κ1) is 26.2. The van der Waals surface area contributed by atoms with Crippen molar-refractivity contribution in [2.75, 3.05) is 6.61 Å². The van der Waals surface area contributed by atoms with E-state index in [0.29, 0.717) is 25.7 Å². The zero-order valence-corrected chi connectivity index (χ0v) is 21.4. The minimum Gasteiger partial charge on any atom is -0.396 e. The van der Waals surface area contributed by atoms with Crippen LogP contribution in [0.4, 0.5) is 0 Å². The van der Waals surface area contributed by atoms with E-state index in [4.69, 9.17) is 4.74 Å². The summed E-state index contributed by atoms with van der Waals surface area (Å²) in [4.78, 5) is 27.3. The van der Waals surface area contributed by atoms with E-state index in [1.165, 1.54) is 0 Å². The Morgan fingerprint density at radius 3 is 2.44 bits per heavy atom. The van der Waals surface area contributed by atoms with Gasteiger partial charge in [-0.3, -0.25) is 9.59 Å². The summed E-state index contributed by atoms with van der Waals surface area (Å²) in [7, 11) is 0. The number of hydrogen-bond acceptors (Lipinski definition) is 7. The average Bonchev–Trinajstić information content (AvgIpc) is 3.16. The van der Waals surface area contributed by atoms with Gasteiger partial charge in [-0.25, -0.2) is 0 Å². The molecule has 0 aromatic rings. The van der Waals surface area contributed by atoms with Crippen LogP contribution in [-0.4, -0.2) is 62.2 Å². The SMILES string of the molecule is C[C@H](CC[C@@H](O)C(C)(C)O)[C@H]1CC[C@@H]([C@@H]2C(=O)[C@@]3(C)CC[C@H]4CC(=O)[C@H]2[C@]3(O)O4)[C@]1(C)CCO. The molecule has 4 fully saturated rings. The van der Waals surface area contributed by atoms with E-state index in [1.807, 2.05) is 0 Å². The maximum atomic E-state index is 14.0. The highest BCUT2D eigenvalue weighted by atomic mass is 16.6. The largest absolute Gasteiger partial charge is 0.396 e. The van der Waals surface area contributed by atoms with Gasteiger partial charge in [0.15, 0.2) is 5.79 Å². The van der Waals surface area contributed by atoms with E-state index in [2.05, 4.69) is 13.8 Å². The van der Waals surface area contributed by atoms with Crippen molar-refractivity contribution >= 4 is 11.6 Å². The van der Waals surface area contributed by atoms with Crippen molar-refractivity contribution in [3.63, 3.8) is 0 Å². The van der Waals surface area contributed by atoms with Gasteiger partial charge in [0.05, 0.1) is 29.1 Å². The molecular formula is C27H44O7. The molecule has 2 saturated heterocycles. The molecule has 2 saturated carbocycles. The molecule has 10 atom stereocenters. The van der Waals surface area contributed by atoms with Crippen molar-refractivity contribution in [3.05, 3.63) is 0 Å². The third-order valence-electron chi connectivity index (χ3n) is 10.5. The first-order valence-electron chi connectivity index (χ1n) is 13.2. The Kier molecular flexibility index (Phi) is 6.64. The van der Waals surface area contributed by atoms with Crippen LogP contribution < -0.4 is 0 Å². The van der Waals surface area contributed by atoms with E-state index < -0.39 is 34.7 Å². The fourth-order valence-electron chi connectivity index (χ4n) is 8.28. The summed E-state index contributed by atoms with van der Waals surface area (Å²) >= 11 is 0. The Hall–Kier alpha value is -0.860. The minimum absolute atomic E-state index is 0.0118. The smallest absolute Gasteiger partial charge is 0.188 e. The zero-order chi connectivity index (χ0) is 25.3. The lowest BCUT2D eigenvalue weighted by atomic mass is 9.61. The molecule has 2 aliphatic heterocycles. The molecule has 7 nitrogen and oxygen atoms in total. The third-order valence-corrected chi connectivity index (χ3v) is 10.5. The molecule has 0 aromatic carbocycles. The van der Waals surface area contributed by atoms with Gasteiger partial charge in [-0.15, -0.1) is 0 Å². The number of ketones is 2. The molecule has 4 rings (SSSR count). The van der Waals surface area contributed by atoms with Crippen molar-refractivity contribution < 1.29 is 34.8 Å². The van der Waals surface area contributed by atoms with Crippen LogP contribution in [0.5, 0.6) is 0 Å². The molecule has 194 valence electrons. The van der Waals surface area contributed by atoms with Crippen LogP contribution in [0.1, 0.15) is 86.0 Å². The van der Waals surface area contributed by atoms with Crippen LogP contribution in [0.3, 0.4) is 0 Å². The van der Waals surface area contributed by atoms with Gasteiger partial charge >= 0.3 is 0 Å². The zero-order valence-electron chi connectivity index (χ0n) is 21.4. The predicted octanol–water partition coefficient (Wildman–Crippen LogP) is 2.61. The van der Waals surface area contributed by atoms with Gasteiger partial charge in [0.2, 0.25) is 0 Å². The van der Waals surface area contributed by atoms with E-state index in [-0.39, 0.29) is 53.9 Å². The quantitative estimate of drug-likeness (QED) is 0.421. The molecule has 0 aromatic heterocycles. The number of carbonyl (C=O) groups excluding carboxylic acids is 2. The maximum absolute atomic E-state index is 14.0. The van der Waals surface area contributed by atoms with Crippen molar-refractivity contribution in [2.45, 2.75) is 110 Å². The predicted molar refractivity (Wildman–Crippen MR) is 126 cm³/mol. The Labute approximate surface area is 203 Å². The molecule has 0 spiro atoms. The molecule has 2 heterocycles. The number of ether oxygens (including phenoxy) is 1. The highest BCUT2D eigenvalue weighted by Crippen LogP contribution is 2.66. The number of Topliss-reactive ketones (excluding diaryl/α,β-unsaturated/α-hetero) is 2. The molecule has 2 bridgehead atoms. The van der Waals surface area contributed by atoms with Crippen molar-refractivity contribution in [3.8, 4) is 0 Å². The number of aliphatic hydroxyl groups is 4. The second kappa shape index (κ2) is 8.62. The monoisotopic (exact) mass is 480 g/mol. The Bertz CT molecular complexity index is 820. The molecule has 2 aliphatic carbocycles. The fourth-order valence-corrected chi connectivity index (χ4v) is 8.28. The standard InChI is InChI=1S/C27H44O7/c1-15(6-9-20(30)24(2,3)32)17-7-8-18(25(17,4)12-13-28)21-22-19(29)14-16-10-11-26(5,23(21)31)27(22,33)34-16/h15-18,20-22,28,30,32-33H,6-14H2,1-5H3/t15-,16+,17-,18+,20-,21+,22-,25-,26-,27+/m1/s1. The summed E-state index contributed by atoms with van der Waals surface area (Å²) in [5.74, 6) is -2.99. The summed E-state index contributed by atoms with van der Waals surface area (Å²) in [5, 5.41) is 42.1. The molecule has 0 unspecified atom stereocenters. The molecule has 34 heavy (non-hydrogen) atoms. The van der Waals surface area contributed by atoms with E-state index >= 15 is 0 Å².